The maximum Gasteiger partial charge on any atom is 0.0868 e. The molecule has 3 rings (SSSR count). The van der Waals surface area contributed by atoms with E-state index in [0.717, 1.165) is 32.6 Å². The highest BCUT2D eigenvalue weighted by Crippen LogP contribution is 2.36. The molecule has 1 aliphatic carbocycles. The van der Waals surface area contributed by atoms with Gasteiger partial charge in [-0.3, -0.25) is 0 Å². The Morgan fingerprint density at radius 2 is 2.27 bits per heavy atom. The number of ether oxygens (including phenoxy) is 1. The van der Waals surface area contributed by atoms with Gasteiger partial charge in [0.2, 0.25) is 0 Å². The van der Waals surface area contributed by atoms with E-state index < -0.39 is 0 Å². The lowest BCUT2D eigenvalue weighted by molar-refractivity contribution is 0.0839. The van der Waals surface area contributed by atoms with Crippen molar-refractivity contribution in [2.45, 2.75) is 44.4 Å². The van der Waals surface area contributed by atoms with Gasteiger partial charge in [0.15, 0.2) is 0 Å². The van der Waals surface area contributed by atoms with Crippen LogP contribution in [0, 0.1) is 0 Å². The van der Waals surface area contributed by atoms with Gasteiger partial charge in [0, 0.05) is 23.5 Å². The average Bonchev–Trinajstić information content (AvgIpc) is 2.86. The van der Waals surface area contributed by atoms with Crippen LogP contribution in [-0.2, 0) is 24.3 Å². The molecule has 1 saturated carbocycles. The molecule has 82 valence electrons. The quantitative estimate of drug-likeness (QED) is 0.813. The van der Waals surface area contributed by atoms with Gasteiger partial charge in [-0.05, 0) is 37.8 Å². The zero-order valence-electron chi connectivity index (χ0n) is 9.04. The van der Waals surface area contributed by atoms with Crippen LogP contribution in [0.1, 0.15) is 30.7 Å². The van der Waals surface area contributed by atoms with E-state index in [2.05, 4.69) is 16.7 Å². The normalized spacial score (nSPS) is 22.5. The standard InChI is InChI=1S/C12H18N2O/c13-12(5-6-12)4-3-10-1-2-11-9-15-8-7-14(10)11/h1-2H,3-9,13H2. The Morgan fingerprint density at radius 3 is 3.07 bits per heavy atom. The van der Waals surface area contributed by atoms with Crippen LogP contribution < -0.4 is 5.73 Å². The monoisotopic (exact) mass is 206 g/mol. The molecule has 15 heavy (non-hydrogen) atoms. The summed E-state index contributed by atoms with van der Waals surface area (Å²) in [7, 11) is 0. The number of hydrogen-bond donors (Lipinski definition) is 1. The summed E-state index contributed by atoms with van der Waals surface area (Å²) < 4.78 is 7.82. The molecule has 0 aromatic carbocycles. The SMILES string of the molecule is NC1(CCc2ccc3n2CCOC3)CC1. The Bertz CT molecular complexity index is 366. The lowest BCUT2D eigenvalue weighted by Gasteiger charge is -2.19. The van der Waals surface area contributed by atoms with E-state index in [1.165, 1.54) is 24.2 Å². The Balaban J connectivity index is 1.71. The number of fused-ring (bicyclic) bond motifs is 1. The molecule has 3 nitrogen and oxygen atoms in total. The second-order valence-electron chi connectivity index (χ2n) is 4.88. The van der Waals surface area contributed by atoms with Gasteiger partial charge in [0.05, 0.1) is 13.2 Å². The van der Waals surface area contributed by atoms with Crippen LogP contribution in [-0.4, -0.2) is 16.7 Å². The smallest absolute Gasteiger partial charge is 0.0868 e. The van der Waals surface area contributed by atoms with E-state index in [-0.39, 0.29) is 5.54 Å². The molecule has 2 aliphatic rings. The van der Waals surface area contributed by atoms with E-state index in [1.807, 2.05) is 0 Å². The van der Waals surface area contributed by atoms with Gasteiger partial charge in [-0.1, -0.05) is 0 Å². The number of nitrogens with two attached hydrogens (primary N) is 1. The van der Waals surface area contributed by atoms with Crippen molar-refractivity contribution >= 4 is 0 Å². The number of aromatic nitrogens is 1. The van der Waals surface area contributed by atoms with Crippen molar-refractivity contribution in [3.63, 3.8) is 0 Å². The van der Waals surface area contributed by atoms with Crippen LogP contribution in [0.4, 0.5) is 0 Å². The van der Waals surface area contributed by atoms with Crippen LogP contribution in [0.2, 0.25) is 0 Å². The van der Waals surface area contributed by atoms with Gasteiger partial charge in [-0.25, -0.2) is 0 Å². The first-order valence-corrected chi connectivity index (χ1v) is 5.81. The number of hydrogen-bond acceptors (Lipinski definition) is 2. The van der Waals surface area contributed by atoms with E-state index in [0.29, 0.717) is 0 Å². The minimum atomic E-state index is 0.176. The second kappa shape index (κ2) is 3.35. The molecule has 2 N–H and O–H groups in total. The third kappa shape index (κ3) is 1.82. The molecular formula is C12H18N2O. The number of nitrogens with zero attached hydrogens (tertiary/aromatic N) is 1. The molecule has 1 fully saturated rings. The highest BCUT2D eigenvalue weighted by molar-refractivity contribution is 5.18. The molecule has 3 heteroatoms. The summed E-state index contributed by atoms with van der Waals surface area (Å²) in [6, 6.07) is 4.42. The molecule has 1 aromatic heterocycles. The number of rotatable bonds is 3. The van der Waals surface area contributed by atoms with Gasteiger partial charge >= 0.3 is 0 Å². The third-order valence-corrected chi connectivity index (χ3v) is 3.64. The van der Waals surface area contributed by atoms with Gasteiger partial charge < -0.3 is 15.0 Å². The lowest BCUT2D eigenvalue weighted by atomic mass is 10.1. The number of aryl methyl sites for hydroxylation is 1. The molecule has 0 saturated heterocycles. The fourth-order valence-electron chi connectivity index (χ4n) is 2.31. The summed E-state index contributed by atoms with van der Waals surface area (Å²) in [5, 5.41) is 0. The zero-order valence-corrected chi connectivity index (χ0v) is 9.04. The molecule has 2 heterocycles. The molecule has 0 radical (unpaired) electrons. The van der Waals surface area contributed by atoms with Crippen LogP contribution in [0.15, 0.2) is 12.1 Å². The predicted molar refractivity (Wildman–Crippen MR) is 58.6 cm³/mol. The topological polar surface area (TPSA) is 40.2 Å². The van der Waals surface area contributed by atoms with E-state index in [9.17, 15) is 0 Å². The maximum absolute atomic E-state index is 6.11. The van der Waals surface area contributed by atoms with Gasteiger partial charge in [0.25, 0.3) is 0 Å². The van der Waals surface area contributed by atoms with Crippen molar-refractivity contribution in [2.24, 2.45) is 5.73 Å². The molecule has 0 spiro atoms. The van der Waals surface area contributed by atoms with Crippen molar-refractivity contribution in [3.8, 4) is 0 Å². The summed E-state index contributed by atoms with van der Waals surface area (Å²) in [5.74, 6) is 0. The minimum absolute atomic E-state index is 0.176. The molecular weight excluding hydrogens is 188 g/mol. The van der Waals surface area contributed by atoms with Gasteiger partial charge in [-0.2, -0.15) is 0 Å². The Morgan fingerprint density at radius 1 is 1.40 bits per heavy atom. The van der Waals surface area contributed by atoms with Crippen LogP contribution >= 0.6 is 0 Å². The fraction of sp³-hybridized carbons (Fsp3) is 0.667. The molecule has 1 aromatic rings. The van der Waals surface area contributed by atoms with E-state index in [1.54, 1.807) is 0 Å². The highest BCUT2D eigenvalue weighted by atomic mass is 16.5. The first kappa shape index (κ1) is 9.43. The Labute approximate surface area is 90.2 Å². The predicted octanol–water partition coefficient (Wildman–Crippen LogP) is 1.44. The first-order chi connectivity index (χ1) is 7.27. The van der Waals surface area contributed by atoms with E-state index in [4.69, 9.17) is 10.5 Å². The average molecular weight is 206 g/mol. The molecule has 1 aliphatic heterocycles. The zero-order chi connectivity index (χ0) is 10.3. The maximum atomic E-state index is 6.11. The third-order valence-electron chi connectivity index (χ3n) is 3.64. The van der Waals surface area contributed by atoms with Crippen LogP contribution in [0.5, 0.6) is 0 Å². The highest BCUT2D eigenvalue weighted by Gasteiger charge is 2.37. The Hall–Kier alpha value is -0.800. The Kier molecular flexibility index (Phi) is 2.11. The summed E-state index contributed by atoms with van der Waals surface area (Å²) in [6.07, 6.45) is 4.68. The summed E-state index contributed by atoms with van der Waals surface area (Å²) in [6.45, 7) is 2.63. The second-order valence-corrected chi connectivity index (χ2v) is 4.88. The van der Waals surface area contributed by atoms with Gasteiger partial charge in [-0.15, -0.1) is 0 Å². The van der Waals surface area contributed by atoms with Gasteiger partial charge in [0.1, 0.15) is 0 Å². The first-order valence-electron chi connectivity index (χ1n) is 5.81. The van der Waals surface area contributed by atoms with Crippen LogP contribution in [0.25, 0.3) is 0 Å². The van der Waals surface area contributed by atoms with Crippen molar-refractivity contribution in [3.05, 3.63) is 23.5 Å². The van der Waals surface area contributed by atoms with E-state index >= 15 is 0 Å². The largest absolute Gasteiger partial charge is 0.373 e. The molecule has 0 amide bonds. The van der Waals surface area contributed by atoms with Crippen LogP contribution in [0.3, 0.4) is 0 Å². The van der Waals surface area contributed by atoms with Crippen molar-refractivity contribution < 1.29 is 4.74 Å². The molecule has 0 atom stereocenters. The summed E-state index contributed by atoms with van der Waals surface area (Å²) in [4.78, 5) is 0. The molecule has 0 bridgehead atoms. The summed E-state index contributed by atoms with van der Waals surface area (Å²) in [5.41, 5.74) is 9.03. The fourth-order valence-corrected chi connectivity index (χ4v) is 2.31. The molecule has 0 unspecified atom stereocenters. The summed E-state index contributed by atoms with van der Waals surface area (Å²) >= 11 is 0. The van der Waals surface area contributed by atoms with Crippen molar-refractivity contribution in [2.75, 3.05) is 6.61 Å². The lowest BCUT2D eigenvalue weighted by Crippen LogP contribution is -2.24. The minimum Gasteiger partial charge on any atom is -0.373 e. The van der Waals surface area contributed by atoms with Crippen molar-refractivity contribution in [1.29, 1.82) is 0 Å². The van der Waals surface area contributed by atoms with Crippen molar-refractivity contribution in [1.82, 2.24) is 4.57 Å².